The fourth-order valence-electron chi connectivity index (χ4n) is 1.10. The number of thioether (sulfide) groups is 1. The summed E-state index contributed by atoms with van der Waals surface area (Å²) in [7, 11) is 0. The monoisotopic (exact) mass is 238 g/mol. The predicted molar refractivity (Wildman–Crippen MR) is 70.1 cm³/mol. The van der Waals surface area contributed by atoms with Gasteiger partial charge in [-0.2, -0.15) is 5.10 Å². The first kappa shape index (κ1) is 13.1. The Morgan fingerprint density at radius 1 is 1.38 bits per heavy atom. The summed E-state index contributed by atoms with van der Waals surface area (Å²) < 4.78 is 0. The standard InChI is InChI=1S/C12H18N2OS/c1-2-9-16-12-5-3-11(4-6-12)10-14-13-7-8-15/h3-6,10,13,15H,2,7-9H2,1H3. The molecule has 0 aromatic heterocycles. The van der Waals surface area contributed by atoms with Gasteiger partial charge in [0, 0.05) is 4.90 Å². The van der Waals surface area contributed by atoms with E-state index < -0.39 is 0 Å². The number of hydrogen-bond donors (Lipinski definition) is 2. The molecule has 16 heavy (non-hydrogen) atoms. The molecule has 0 unspecified atom stereocenters. The van der Waals surface area contributed by atoms with Gasteiger partial charge in [-0.1, -0.05) is 19.1 Å². The van der Waals surface area contributed by atoms with Crippen LogP contribution in [0.1, 0.15) is 18.9 Å². The Labute approximate surface area is 101 Å². The lowest BCUT2D eigenvalue weighted by Gasteiger charge is -2.00. The lowest BCUT2D eigenvalue weighted by Crippen LogP contribution is -2.11. The highest BCUT2D eigenvalue weighted by atomic mass is 32.2. The highest BCUT2D eigenvalue weighted by molar-refractivity contribution is 7.99. The summed E-state index contributed by atoms with van der Waals surface area (Å²) in [4.78, 5) is 1.29. The molecule has 0 radical (unpaired) electrons. The van der Waals surface area contributed by atoms with Crippen molar-refractivity contribution in [2.24, 2.45) is 5.10 Å². The molecule has 0 saturated heterocycles. The Bertz CT molecular complexity index is 311. The van der Waals surface area contributed by atoms with Gasteiger partial charge in [-0.05, 0) is 29.9 Å². The molecule has 0 heterocycles. The van der Waals surface area contributed by atoms with Crippen molar-refractivity contribution in [1.29, 1.82) is 0 Å². The maximum absolute atomic E-state index is 8.54. The van der Waals surface area contributed by atoms with Gasteiger partial charge in [0.05, 0.1) is 19.4 Å². The summed E-state index contributed by atoms with van der Waals surface area (Å²) in [6.07, 6.45) is 2.95. The van der Waals surface area contributed by atoms with Crippen molar-refractivity contribution < 1.29 is 5.11 Å². The summed E-state index contributed by atoms with van der Waals surface area (Å²) in [5, 5.41) is 12.5. The molecule has 0 aliphatic heterocycles. The predicted octanol–water partition coefficient (Wildman–Crippen LogP) is 2.10. The van der Waals surface area contributed by atoms with Crippen LogP contribution < -0.4 is 5.43 Å². The van der Waals surface area contributed by atoms with Crippen LogP contribution in [0.3, 0.4) is 0 Å². The number of nitrogens with one attached hydrogen (secondary N) is 1. The van der Waals surface area contributed by atoms with E-state index in [4.69, 9.17) is 5.11 Å². The molecule has 0 spiro atoms. The first-order valence-electron chi connectivity index (χ1n) is 5.46. The van der Waals surface area contributed by atoms with Gasteiger partial charge in [-0.3, -0.25) is 0 Å². The fourth-order valence-corrected chi connectivity index (χ4v) is 1.87. The summed E-state index contributed by atoms with van der Waals surface area (Å²) in [5.74, 6) is 1.16. The van der Waals surface area contributed by atoms with Gasteiger partial charge >= 0.3 is 0 Å². The topological polar surface area (TPSA) is 44.6 Å². The van der Waals surface area contributed by atoms with Gasteiger partial charge in [0.25, 0.3) is 0 Å². The molecule has 0 amide bonds. The molecule has 0 atom stereocenters. The fraction of sp³-hybridized carbons (Fsp3) is 0.417. The second-order valence-corrected chi connectivity index (χ2v) is 4.48. The zero-order chi connectivity index (χ0) is 11.6. The Kier molecular flexibility index (Phi) is 6.69. The number of nitrogens with zero attached hydrogens (tertiary/aromatic N) is 1. The summed E-state index contributed by atoms with van der Waals surface area (Å²) in [5.41, 5.74) is 3.81. The SMILES string of the molecule is CCCSc1ccc(C=NNCCO)cc1. The van der Waals surface area contributed by atoms with Gasteiger partial charge in [0.1, 0.15) is 0 Å². The quantitative estimate of drug-likeness (QED) is 0.331. The maximum Gasteiger partial charge on any atom is 0.0620 e. The molecule has 2 N–H and O–H groups in total. The highest BCUT2D eigenvalue weighted by Crippen LogP contribution is 2.18. The van der Waals surface area contributed by atoms with Gasteiger partial charge in [-0.25, -0.2) is 0 Å². The van der Waals surface area contributed by atoms with E-state index in [-0.39, 0.29) is 6.61 Å². The van der Waals surface area contributed by atoms with Crippen molar-refractivity contribution in [2.75, 3.05) is 18.9 Å². The molecule has 88 valence electrons. The molecule has 1 rings (SSSR count). The minimum Gasteiger partial charge on any atom is -0.394 e. The van der Waals surface area contributed by atoms with Crippen LogP contribution in [-0.4, -0.2) is 30.2 Å². The van der Waals surface area contributed by atoms with E-state index >= 15 is 0 Å². The summed E-state index contributed by atoms with van der Waals surface area (Å²) in [6.45, 7) is 2.77. The molecule has 1 aromatic carbocycles. The Morgan fingerprint density at radius 2 is 2.12 bits per heavy atom. The molecule has 4 heteroatoms. The molecular formula is C12H18N2OS. The van der Waals surface area contributed by atoms with E-state index in [0.717, 1.165) is 11.3 Å². The molecule has 0 aliphatic rings. The Hall–Kier alpha value is -1.00. The second kappa shape index (κ2) is 8.19. The van der Waals surface area contributed by atoms with Crippen LogP contribution in [-0.2, 0) is 0 Å². The van der Waals surface area contributed by atoms with Crippen molar-refractivity contribution in [1.82, 2.24) is 5.43 Å². The average molecular weight is 238 g/mol. The van der Waals surface area contributed by atoms with E-state index in [1.54, 1.807) is 6.21 Å². The van der Waals surface area contributed by atoms with Gasteiger partial charge < -0.3 is 10.5 Å². The van der Waals surface area contributed by atoms with Gasteiger partial charge in [0.15, 0.2) is 0 Å². The molecule has 0 bridgehead atoms. The molecule has 0 saturated carbocycles. The molecule has 0 aliphatic carbocycles. The van der Waals surface area contributed by atoms with E-state index in [9.17, 15) is 0 Å². The minimum absolute atomic E-state index is 0.101. The molecule has 3 nitrogen and oxygen atoms in total. The van der Waals surface area contributed by atoms with Crippen molar-refractivity contribution in [2.45, 2.75) is 18.2 Å². The first-order chi connectivity index (χ1) is 7.86. The van der Waals surface area contributed by atoms with Crippen molar-refractivity contribution in [3.05, 3.63) is 29.8 Å². The lowest BCUT2D eigenvalue weighted by atomic mass is 10.2. The molecule has 0 fully saturated rings. The largest absolute Gasteiger partial charge is 0.394 e. The number of hydrazone groups is 1. The Morgan fingerprint density at radius 3 is 2.75 bits per heavy atom. The van der Waals surface area contributed by atoms with E-state index in [0.29, 0.717) is 6.54 Å². The van der Waals surface area contributed by atoms with E-state index in [1.165, 1.54) is 11.3 Å². The zero-order valence-corrected chi connectivity index (χ0v) is 10.3. The average Bonchev–Trinajstić information content (AvgIpc) is 2.33. The lowest BCUT2D eigenvalue weighted by molar-refractivity contribution is 0.294. The van der Waals surface area contributed by atoms with Gasteiger partial charge in [0.2, 0.25) is 0 Å². The maximum atomic E-state index is 8.54. The molecule has 1 aromatic rings. The van der Waals surface area contributed by atoms with Crippen LogP contribution in [0.25, 0.3) is 0 Å². The molecular weight excluding hydrogens is 220 g/mol. The van der Waals surface area contributed by atoms with Crippen LogP contribution >= 0.6 is 11.8 Å². The van der Waals surface area contributed by atoms with Crippen molar-refractivity contribution in [3.63, 3.8) is 0 Å². The first-order valence-corrected chi connectivity index (χ1v) is 6.45. The number of rotatable bonds is 7. The van der Waals surface area contributed by atoms with Crippen LogP contribution in [0.5, 0.6) is 0 Å². The zero-order valence-electron chi connectivity index (χ0n) is 9.52. The third-order valence-corrected chi connectivity index (χ3v) is 3.10. The smallest absolute Gasteiger partial charge is 0.0620 e. The third-order valence-electron chi connectivity index (χ3n) is 1.88. The normalized spacial score (nSPS) is 10.9. The number of aliphatic hydroxyl groups excluding tert-OH is 1. The number of aliphatic hydroxyl groups is 1. The van der Waals surface area contributed by atoms with Crippen LogP contribution in [0.4, 0.5) is 0 Å². The Balaban J connectivity index is 2.41. The van der Waals surface area contributed by atoms with E-state index in [2.05, 4.69) is 29.6 Å². The van der Waals surface area contributed by atoms with Gasteiger partial charge in [-0.15, -0.1) is 11.8 Å². The van der Waals surface area contributed by atoms with Crippen LogP contribution in [0.15, 0.2) is 34.3 Å². The number of hydrogen-bond acceptors (Lipinski definition) is 4. The van der Waals surface area contributed by atoms with Crippen LogP contribution in [0.2, 0.25) is 0 Å². The number of benzene rings is 1. The second-order valence-electron chi connectivity index (χ2n) is 3.31. The van der Waals surface area contributed by atoms with Crippen molar-refractivity contribution >= 4 is 18.0 Å². The summed E-state index contributed by atoms with van der Waals surface area (Å²) in [6, 6.07) is 8.30. The van der Waals surface area contributed by atoms with E-state index in [1.807, 2.05) is 23.9 Å². The third kappa shape index (κ3) is 5.19. The summed E-state index contributed by atoms with van der Waals surface area (Å²) >= 11 is 1.87. The van der Waals surface area contributed by atoms with Crippen LogP contribution in [0, 0.1) is 0 Å². The van der Waals surface area contributed by atoms with Crippen molar-refractivity contribution in [3.8, 4) is 0 Å². The highest BCUT2D eigenvalue weighted by Gasteiger charge is 1.92. The minimum atomic E-state index is 0.101.